The number of nitrogens with zero attached hydrogens (tertiary/aromatic N) is 2. The summed E-state index contributed by atoms with van der Waals surface area (Å²) in [4.78, 5) is 20.2. The third kappa shape index (κ3) is 3.60. The molecule has 1 aliphatic rings. The highest BCUT2D eigenvalue weighted by Gasteiger charge is 2.15. The molecule has 0 spiro atoms. The van der Waals surface area contributed by atoms with E-state index in [2.05, 4.69) is 20.6 Å². The van der Waals surface area contributed by atoms with E-state index in [1.165, 1.54) is 0 Å². The highest BCUT2D eigenvalue weighted by Crippen LogP contribution is 2.32. The second kappa shape index (κ2) is 6.39. The Balaban J connectivity index is 1.63. The minimum Gasteiger partial charge on any atom is -0.486 e. The van der Waals surface area contributed by atoms with E-state index in [1.807, 2.05) is 0 Å². The van der Waals surface area contributed by atoms with Crippen LogP contribution < -0.4 is 25.8 Å². The average molecular weight is 315 g/mol. The SMILES string of the molecule is CC(NC(=O)Nc1ccc2c(c1)OCCO2)c1nccc(N)n1. The number of urea groups is 1. The maximum Gasteiger partial charge on any atom is 0.319 e. The molecule has 4 N–H and O–H groups in total. The Labute approximate surface area is 133 Å². The van der Waals surface area contributed by atoms with Crippen LogP contribution in [0.2, 0.25) is 0 Å². The minimum absolute atomic E-state index is 0.357. The lowest BCUT2D eigenvalue weighted by molar-refractivity contribution is 0.171. The number of rotatable bonds is 3. The van der Waals surface area contributed by atoms with Gasteiger partial charge < -0.3 is 25.8 Å². The lowest BCUT2D eigenvalue weighted by Gasteiger charge is -2.19. The number of nitrogen functional groups attached to an aromatic ring is 1. The molecule has 2 aromatic rings. The first-order valence-corrected chi connectivity index (χ1v) is 7.17. The number of aromatic nitrogens is 2. The van der Waals surface area contributed by atoms with Crippen molar-refractivity contribution in [2.24, 2.45) is 0 Å². The maximum atomic E-state index is 12.1. The first kappa shape index (κ1) is 14.9. The summed E-state index contributed by atoms with van der Waals surface area (Å²) in [5, 5.41) is 5.48. The van der Waals surface area contributed by atoms with Crippen molar-refractivity contribution in [1.82, 2.24) is 15.3 Å². The fourth-order valence-electron chi connectivity index (χ4n) is 2.15. The van der Waals surface area contributed by atoms with Crippen LogP contribution in [0.5, 0.6) is 11.5 Å². The van der Waals surface area contributed by atoms with Crippen molar-refractivity contribution in [2.45, 2.75) is 13.0 Å². The van der Waals surface area contributed by atoms with E-state index >= 15 is 0 Å². The molecule has 1 aliphatic heterocycles. The Morgan fingerprint density at radius 2 is 2.04 bits per heavy atom. The second-order valence-electron chi connectivity index (χ2n) is 5.02. The lowest BCUT2D eigenvalue weighted by Crippen LogP contribution is -2.32. The molecule has 0 radical (unpaired) electrons. The smallest absolute Gasteiger partial charge is 0.319 e. The third-order valence-electron chi connectivity index (χ3n) is 3.23. The summed E-state index contributed by atoms with van der Waals surface area (Å²) in [6.07, 6.45) is 1.55. The number of nitrogens with one attached hydrogen (secondary N) is 2. The van der Waals surface area contributed by atoms with Gasteiger partial charge in [-0.3, -0.25) is 0 Å². The number of nitrogens with two attached hydrogens (primary N) is 1. The molecule has 1 unspecified atom stereocenters. The van der Waals surface area contributed by atoms with Crippen LogP contribution in [-0.4, -0.2) is 29.2 Å². The highest BCUT2D eigenvalue weighted by molar-refractivity contribution is 5.89. The van der Waals surface area contributed by atoms with Crippen molar-refractivity contribution in [3.63, 3.8) is 0 Å². The molecule has 8 heteroatoms. The third-order valence-corrected chi connectivity index (χ3v) is 3.23. The lowest BCUT2D eigenvalue weighted by atomic mass is 10.2. The zero-order valence-corrected chi connectivity index (χ0v) is 12.6. The van der Waals surface area contributed by atoms with Crippen molar-refractivity contribution in [1.29, 1.82) is 0 Å². The molecular formula is C15H17N5O3. The zero-order valence-electron chi connectivity index (χ0n) is 12.6. The monoisotopic (exact) mass is 315 g/mol. The van der Waals surface area contributed by atoms with E-state index in [4.69, 9.17) is 15.2 Å². The van der Waals surface area contributed by atoms with Gasteiger partial charge in [-0.05, 0) is 25.1 Å². The van der Waals surface area contributed by atoms with Gasteiger partial charge in [-0.1, -0.05) is 0 Å². The molecule has 0 bridgehead atoms. The summed E-state index contributed by atoms with van der Waals surface area (Å²) in [5.74, 6) is 2.09. The number of amides is 2. The quantitative estimate of drug-likeness (QED) is 0.795. The molecule has 1 atom stereocenters. The van der Waals surface area contributed by atoms with Gasteiger partial charge in [0.15, 0.2) is 17.3 Å². The Kier molecular flexibility index (Phi) is 4.13. The average Bonchev–Trinajstić information content (AvgIpc) is 2.54. The topological polar surface area (TPSA) is 111 Å². The van der Waals surface area contributed by atoms with Gasteiger partial charge in [0.2, 0.25) is 0 Å². The number of ether oxygens (including phenoxy) is 2. The fourth-order valence-corrected chi connectivity index (χ4v) is 2.15. The molecular weight excluding hydrogens is 298 g/mol. The van der Waals surface area contributed by atoms with Crippen LogP contribution in [0.15, 0.2) is 30.5 Å². The maximum absolute atomic E-state index is 12.1. The second-order valence-corrected chi connectivity index (χ2v) is 5.02. The highest BCUT2D eigenvalue weighted by atomic mass is 16.6. The fraction of sp³-hybridized carbons (Fsp3) is 0.267. The van der Waals surface area contributed by atoms with Gasteiger partial charge >= 0.3 is 6.03 Å². The number of hydrogen-bond acceptors (Lipinski definition) is 6. The molecule has 2 heterocycles. The van der Waals surface area contributed by atoms with Gasteiger partial charge in [0, 0.05) is 18.0 Å². The predicted molar refractivity (Wildman–Crippen MR) is 84.4 cm³/mol. The predicted octanol–water partition coefficient (Wildman–Crippen LogP) is 1.71. The number of carbonyl (C=O) groups is 1. The van der Waals surface area contributed by atoms with E-state index in [-0.39, 0.29) is 12.1 Å². The molecule has 1 aromatic heterocycles. The van der Waals surface area contributed by atoms with Gasteiger partial charge in [0.1, 0.15) is 19.0 Å². The molecule has 0 fully saturated rings. The van der Waals surface area contributed by atoms with Gasteiger partial charge in [-0.2, -0.15) is 0 Å². The van der Waals surface area contributed by atoms with Gasteiger partial charge in [-0.15, -0.1) is 0 Å². The molecule has 23 heavy (non-hydrogen) atoms. The van der Waals surface area contributed by atoms with Crippen LogP contribution in [0, 0.1) is 0 Å². The van der Waals surface area contributed by atoms with Crippen molar-refractivity contribution in [2.75, 3.05) is 24.3 Å². The van der Waals surface area contributed by atoms with Crippen LogP contribution in [0.25, 0.3) is 0 Å². The normalized spacial score (nSPS) is 14.0. The minimum atomic E-state index is -0.379. The summed E-state index contributed by atoms with van der Waals surface area (Å²) < 4.78 is 10.9. The zero-order chi connectivity index (χ0) is 16.2. The Hall–Kier alpha value is -3.03. The van der Waals surface area contributed by atoms with Crippen LogP contribution in [-0.2, 0) is 0 Å². The van der Waals surface area contributed by atoms with E-state index in [0.29, 0.717) is 42.0 Å². The number of fused-ring (bicyclic) bond motifs is 1. The summed E-state index contributed by atoms with van der Waals surface area (Å²) in [6.45, 7) is 2.79. The molecule has 8 nitrogen and oxygen atoms in total. The Bertz CT molecular complexity index is 722. The summed E-state index contributed by atoms with van der Waals surface area (Å²) in [7, 11) is 0. The van der Waals surface area contributed by atoms with E-state index in [0.717, 1.165) is 0 Å². The van der Waals surface area contributed by atoms with Crippen molar-refractivity contribution >= 4 is 17.5 Å². The summed E-state index contributed by atoms with van der Waals surface area (Å²) in [6, 6.07) is 6.06. The van der Waals surface area contributed by atoms with E-state index in [9.17, 15) is 4.79 Å². The number of hydrogen-bond donors (Lipinski definition) is 3. The first-order chi connectivity index (χ1) is 11.1. The molecule has 2 amide bonds. The molecule has 0 aliphatic carbocycles. The van der Waals surface area contributed by atoms with Crippen molar-refractivity contribution in [3.05, 3.63) is 36.3 Å². The largest absolute Gasteiger partial charge is 0.486 e. The number of benzene rings is 1. The molecule has 120 valence electrons. The molecule has 0 saturated heterocycles. The van der Waals surface area contributed by atoms with E-state index in [1.54, 1.807) is 37.4 Å². The van der Waals surface area contributed by atoms with Gasteiger partial charge in [0.25, 0.3) is 0 Å². The van der Waals surface area contributed by atoms with Crippen molar-refractivity contribution in [3.8, 4) is 11.5 Å². The molecule has 0 saturated carbocycles. The summed E-state index contributed by atoms with van der Waals surface area (Å²) in [5.41, 5.74) is 6.21. The van der Waals surface area contributed by atoms with Gasteiger partial charge in [-0.25, -0.2) is 14.8 Å². The number of carbonyl (C=O) groups excluding carboxylic acids is 1. The van der Waals surface area contributed by atoms with Crippen LogP contribution in [0.3, 0.4) is 0 Å². The van der Waals surface area contributed by atoms with Crippen molar-refractivity contribution < 1.29 is 14.3 Å². The molecule has 3 rings (SSSR count). The Morgan fingerprint density at radius 1 is 1.26 bits per heavy atom. The Morgan fingerprint density at radius 3 is 2.83 bits per heavy atom. The van der Waals surface area contributed by atoms with Crippen LogP contribution in [0.4, 0.5) is 16.3 Å². The van der Waals surface area contributed by atoms with Gasteiger partial charge in [0.05, 0.1) is 6.04 Å². The van der Waals surface area contributed by atoms with Crippen LogP contribution >= 0.6 is 0 Å². The van der Waals surface area contributed by atoms with E-state index < -0.39 is 0 Å². The standard InChI is InChI=1S/C15H17N5O3/c1-9(14-17-5-4-13(16)20-14)18-15(21)19-10-2-3-11-12(8-10)23-7-6-22-11/h2-5,8-9H,6-7H2,1H3,(H2,16,17,20)(H2,18,19,21). The van der Waals surface area contributed by atoms with Crippen LogP contribution in [0.1, 0.15) is 18.8 Å². The first-order valence-electron chi connectivity index (χ1n) is 7.17. The molecule has 1 aromatic carbocycles. The number of anilines is 2. The summed E-state index contributed by atoms with van der Waals surface area (Å²) >= 11 is 0.